The Balaban J connectivity index is 1.32. The minimum Gasteiger partial charge on any atom is -0.426 e. The van der Waals surface area contributed by atoms with Gasteiger partial charge >= 0.3 is 0 Å². The Bertz CT molecular complexity index is 931. The number of piperazine rings is 1. The number of furan rings is 1. The number of nitrogens with zero attached hydrogens (tertiary/aromatic N) is 3. The van der Waals surface area contributed by atoms with Gasteiger partial charge < -0.3 is 14.1 Å². The lowest BCUT2D eigenvalue weighted by Gasteiger charge is -2.34. The minimum absolute atomic E-state index is 0.100. The highest BCUT2D eigenvalue weighted by Crippen LogP contribution is 2.24. The van der Waals surface area contributed by atoms with E-state index in [0.29, 0.717) is 30.5 Å². The molecule has 1 aromatic carbocycles. The van der Waals surface area contributed by atoms with Crippen LogP contribution in [0, 0.1) is 6.92 Å². The molecule has 4 rings (SSSR count). The van der Waals surface area contributed by atoms with Crippen molar-refractivity contribution >= 4 is 5.91 Å². The number of hydrogen-bond acceptors (Lipinski definition) is 5. The van der Waals surface area contributed by atoms with Gasteiger partial charge in [0.1, 0.15) is 5.75 Å². The first-order chi connectivity index (χ1) is 13.7. The van der Waals surface area contributed by atoms with Crippen LogP contribution in [0.15, 0.2) is 65.2 Å². The normalized spacial score (nSPS) is 14.8. The number of carbonyl (C=O) groups is 1. The maximum Gasteiger partial charge on any atom is 0.290 e. The topological polar surface area (TPSA) is 58.8 Å². The van der Waals surface area contributed by atoms with E-state index in [9.17, 15) is 4.79 Å². The van der Waals surface area contributed by atoms with Gasteiger partial charge in [-0.25, -0.2) is 0 Å². The molecule has 0 saturated carbocycles. The molecule has 3 aromatic rings. The van der Waals surface area contributed by atoms with E-state index in [1.54, 1.807) is 12.1 Å². The van der Waals surface area contributed by atoms with Gasteiger partial charge in [0.05, 0.1) is 5.69 Å². The zero-order chi connectivity index (χ0) is 19.3. The predicted octanol–water partition coefficient (Wildman–Crippen LogP) is 3.73. The van der Waals surface area contributed by atoms with Crippen LogP contribution in [0.1, 0.15) is 21.8 Å². The summed E-state index contributed by atoms with van der Waals surface area (Å²) in [4.78, 5) is 21.3. The number of rotatable bonds is 5. The Morgan fingerprint density at radius 3 is 2.57 bits per heavy atom. The average Bonchev–Trinajstić information content (AvgIpc) is 3.19. The predicted molar refractivity (Wildman–Crippen MR) is 105 cm³/mol. The van der Waals surface area contributed by atoms with Crippen molar-refractivity contribution in [3.8, 4) is 11.7 Å². The molecular formula is C22H23N3O3. The molecule has 0 radical (unpaired) electrons. The van der Waals surface area contributed by atoms with Crippen LogP contribution in [0.25, 0.3) is 0 Å². The van der Waals surface area contributed by atoms with Crippen LogP contribution in [-0.4, -0.2) is 46.9 Å². The minimum atomic E-state index is -0.100. The molecule has 0 bridgehead atoms. The molecular weight excluding hydrogens is 354 g/mol. The summed E-state index contributed by atoms with van der Waals surface area (Å²) in [6.45, 7) is 5.85. The molecule has 1 fully saturated rings. The molecule has 0 spiro atoms. The van der Waals surface area contributed by atoms with Gasteiger partial charge in [0.15, 0.2) is 5.76 Å². The van der Waals surface area contributed by atoms with Gasteiger partial charge in [0.2, 0.25) is 0 Å². The van der Waals surface area contributed by atoms with Crippen molar-refractivity contribution in [2.45, 2.75) is 13.5 Å². The van der Waals surface area contributed by atoms with Crippen LogP contribution in [0.2, 0.25) is 0 Å². The summed E-state index contributed by atoms with van der Waals surface area (Å²) in [5.41, 5.74) is 2.29. The molecule has 6 nitrogen and oxygen atoms in total. The van der Waals surface area contributed by atoms with Gasteiger partial charge in [-0.3, -0.25) is 14.7 Å². The van der Waals surface area contributed by atoms with Gasteiger partial charge in [-0.05, 0) is 36.8 Å². The highest BCUT2D eigenvalue weighted by Gasteiger charge is 2.25. The van der Waals surface area contributed by atoms with E-state index >= 15 is 0 Å². The lowest BCUT2D eigenvalue weighted by atomic mass is 10.2. The standard InChI is InChI=1S/C22H23N3O3/c1-17-6-5-11-23-19(17)16-24-12-14-25(15-13-24)22(26)20-9-10-21(28-20)27-18-7-3-2-4-8-18/h2-11H,12-16H2,1H3. The summed E-state index contributed by atoms with van der Waals surface area (Å²) >= 11 is 0. The fourth-order valence-corrected chi connectivity index (χ4v) is 3.26. The van der Waals surface area contributed by atoms with Gasteiger partial charge in [-0.2, -0.15) is 0 Å². The van der Waals surface area contributed by atoms with Crippen molar-refractivity contribution in [1.29, 1.82) is 0 Å². The number of para-hydroxylation sites is 1. The second-order valence-electron chi connectivity index (χ2n) is 6.87. The second kappa shape index (κ2) is 8.27. The largest absolute Gasteiger partial charge is 0.426 e. The molecule has 6 heteroatoms. The average molecular weight is 377 g/mol. The molecule has 144 valence electrons. The van der Waals surface area contributed by atoms with E-state index in [1.807, 2.05) is 47.5 Å². The number of benzene rings is 1. The number of aromatic nitrogens is 1. The molecule has 0 unspecified atom stereocenters. The Morgan fingerprint density at radius 2 is 1.82 bits per heavy atom. The van der Waals surface area contributed by atoms with Crippen molar-refractivity contribution in [1.82, 2.24) is 14.8 Å². The van der Waals surface area contributed by atoms with Crippen LogP contribution in [0.4, 0.5) is 0 Å². The van der Waals surface area contributed by atoms with Crippen LogP contribution in [-0.2, 0) is 6.54 Å². The Morgan fingerprint density at radius 1 is 1.04 bits per heavy atom. The Kier molecular flexibility index (Phi) is 5.39. The lowest BCUT2D eigenvalue weighted by Crippen LogP contribution is -2.48. The third kappa shape index (κ3) is 4.23. The van der Waals surface area contributed by atoms with Crippen LogP contribution < -0.4 is 4.74 Å². The number of aryl methyl sites for hydroxylation is 1. The maximum atomic E-state index is 12.7. The summed E-state index contributed by atoms with van der Waals surface area (Å²) in [5, 5.41) is 0. The molecule has 1 aliphatic heterocycles. The second-order valence-corrected chi connectivity index (χ2v) is 6.87. The summed E-state index contributed by atoms with van der Waals surface area (Å²) in [6, 6.07) is 16.7. The van der Waals surface area contributed by atoms with E-state index in [-0.39, 0.29) is 5.91 Å². The number of hydrogen-bond donors (Lipinski definition) is 0. The van der Waals surface area contributed by atoms with Crippen molar-refractivity contribution in [2.24, 2.45) is 0 Å². The summed E-state index contributed by atoms with van der Waals surface area (Å²) in [6.07, 6.45) is 1.83. The number of ether oxygens (including phenoxy) is 1. The highest BCUT2D eigenvalue weighted by molar-refractivity contribution is 5.91. The van der Waals surface area contributed by atoms with E-state index in [0.717, 1.165) is 25.3 Å². The van der Waals surface area contributed by atoms with Gasteiger partial charge in [0, 0.05) is 45.0 Å². The molecule has 3 heterocycles. The van der Waals surface area contributed by atoms with E-state index in [1.165, 1.54) is 5.56 Å². The molecule has 0 aliphatic carbocycles. The molecule has 2 aromatic heterocycles. The maximum absolute atomic E-state index is 12.7. The lowest BCUT2D eigenvalue weighted by molar-refractivity contribution is 0.0591. The molecule has 1 amide bonds. The molecule has 1 aliphatic rings. The first-order valence-corrected chi connectivity index (χ1v) is 9.44. The number of pyridine rings is 1. The van der Waals surface area contributed by atoms with Crippen molar-refractivity contribution < 1.29 is 13.9 Å². The van der Waals surface area contributed by atoms with Gasteiger partial charge in [0.25, 0.3) is 11.9 Å². The smallest absolute Gasteiger partial charge is 0.290 e. The summed E-state index contributed by atoms with van der Waals surface area (Å²) in [7, 11) is 0. The first-order valence-electron chi connectivity index (χ1n) is 9.44. The Hall–Kier alpha value is -3.12. The Labute approximate surface area is 164 Å². The first kappa shape index (κ1) is 18.3. The third-order valence-electron chi connectivity index (χ3n) is 4.90. The third-order valence-corrected chi connectivity index (χ3v) is 4.90. The summed E-state index contributed by atoms with van der Waals surface area (Å²) < 4.78 is 11.2. The van der Waals surface area contributed by atoms with E-state index in [4.69, 9.17) is 9.15 Å². The SMILES string of the molecule is Cc1cccnc1CN1CCN(C(=O)c2ccc(Oc3ccccc3)o2)CC1. The monoisotopic (exact) mass is 377 g/mol. The fourth-order valence-electron chi connectivity index (χ4n) is 3.26. The summed E-state index contributed by atoms with van der Waals surface area (Å²) in [5.74, 6) is 1.20. The van der Waals surface area contributed by atoms with E-state index in [2.05, 4.69) is 22.9 Å². The molecule has 28 heavy (non-hydrogen) atoms. The number of carbonyl (C=O) groups excluding carboxylic acids is 1. The fraction of sp³-hybridized carbons (Fsp3) is 0.273. The van der Waals surface area contributed by atoms with Crippen molar-refractivity contribution in [2.75, 3.05) is 26.2 Å². The van der Waals surface area contributed by atoms with Crippen LogP contribution in [0.5, 0.6) is 11.7 Å². The molecule has 0 atom stereocenters. The zero-order valence-electron chi connectivity index (χ0n) is 15.9. The quantitative estimate of drug-likeness (QED) is 0.678. The number of amides is 1. The van der Waals surface area contributed by atoms with Gasteiger partial charge in [-0.15, -0.1) is 0 Å². The highest BCUT2D eigenvalue weighted by atomic mass is 16.6. The van der Waals surface area contributed by atoms with Crippen LogP contribution in [0.3, 0.4) is 0 Å². The van der Waals surface area contributed by atoms with E-state index < -0.39 is 0 Å². The molecule has 0 N–H and O–H groups in total. The molecule has 1 saturated heterocycles. The van der Waals surface area contributed by atoms with Crippen molar-refractivity contribution in [3.05, 3.63) is 77.8 Å². The van der Waals surface area contributed by atoms with Gasteiger partial charge in [-0.1, -0.05) is 24.3 Å². The zero-order valence-corrected chi connectivity index (χ0v) is 15.9. The van der Waals surface area contributed by atoms with Crippen LogP contribution >= 0.6 is 0 Å². The van der Waals surface area contributed by atoms with Crippen molar-refractivity contribution in [3.63, 3.8) is 0 Å².